The topological polar surface area (TPSA) is 26.0 Å². The fourth-order valence-electron chi connectivity index (χ4n) is 1.57. The van der Waals surface area contributed by atoms with Gasteiger partial charge in [-0.3, -0.25) is 0 Å². The quantitative estimate of drug-likeness (QED) is 0.780. The molecule has 0 unspecified atom stereocenters. The summed E-state index contributed by atoms with van der Waals surface area (Å²) in [5.74, 6) is 0. The van der Waals surface area contributed by atoms with Crippen LogP contribution in [0.4, 0.5) is 0 Å². The van der Waals surface area contributed by atoms with Gasteiger partial charge in [-0.15, -0.1) is 0 Å². The Morgan fingerprint density at radius 2 is 2.13 bits per heavy atom. The van der Waals surface area contributed by atoms with Gasteiger partial charge in [0.05, 0.1) is 0 Å². The van der Waals surface area contributed by atoms with Crippen LogP contribution >= 0.6 is 0 Å². The Morgan fingerprint density at radius 3 is 2.80 bits per heavy atom. The summed E-state index contributed by atoms with van der Waals surface area (Å²) < 4.78 is 0. The fourth-order valence-corrected chi connectivity index (χ4v) is 1.57. The molecule has 15 heavy (non-hydrogen) atoms. The molecule has 1 aromatic rings. The summed E-state index contributed by atoms with van der Waals surface area (Å²) in [4.78, 5) is 0. The molecular weight excluding hydrogens is 182 g/mol. The summed E-state index contributed by atoms with van der Waals surface area (Å²) in [6.07, 6.45) is 7.79. The third kappa shape index (κ3) is 3.88. The van der Waals surface area contributed by atoms with E-state index < -0.39 is 0 Å². The monoisotopic (exact) mass is 203 g/mol. The number of nitrogens with two attached hydrogens (primary N) is 1. The van der Waals surface area contributed by atoms with Crippen molar-refractivity contribution in [1.29, 1.82) is 0 Å². The van der Waals surface area contributed by atoms with Crippen molar-refractivity contribution in [1.82, 2.24) is 0 Å². The van der Waals surface area contributed by atoms with E-state index in [1.54, 1.807) is 0 Å². The molecule has 0 atom stereocenters. The maximum Gasteiger partial charge on any atom is -0.00367 e. The average molecular weight is 203 g/mol. The van der Waals surface area contributed by atoms with Gasteiger partial charge in [-0.05, 0) is 43.0 Å². The van der Waals surface area contributed by atoms with Gasteiger partial charge < -0.3 is 5.73 Å². The van der Waals surface area contributed by atoms with Gasteiger partial charge >= 0.3 is 0 Å². The van der Waals surface area contributed by atoms with Gasteiger partial charge in [-0.1, -0.05) is 43.7 Å². The van der Waals surface area contributed by atoms with Gasteiger partial charge in [0.2, 0.25) is 0 Å². The zero-order valence-corrected chi connectivity index (χ0v) is 9.79. The molecule has 0 spiro atoms. The Labute approximate surface area is 93.0 Å². The largest absolute Gasteiger partial charge is 0.330 e. The maximum atomic E-state index is 5.55. The Balaban J connectivity index is 2.80. The van der Waals surface area contributed by atoms with Crippen molar-refractivity contribution in [3.63, 3.8) is 0 Å². The molecule has 0 saturated carbocycles. The van der Waals surface area contributed by atoms with Gasteiger partial charge in [0.15, 0.2) is 0 Å². The number of hydrogen-bond acceptors (Lipinski definition) is 1. The van der Waals surface area contributed by atoms with Crippen molar-refractivity contribution in [2.24, 2.45) is 5.73 Å². The lowest BCUT2D eigenvalue weighted by molar-refractivity contribution is 0.960. The van der Waals surface area contributed by atoms with Gasteiger partial charge in [0, 0.05) is 0 Å². The van der Waals surface area contributed by atoms with E-state index in [4.69, 9.17) is 5.73 Å². The predicted octanol–water partition coefficient (Wildman–Crippen LogP) is 3.31. The zero-order valence-electron chi connectivity index (χ0n) is 9.79. The SMILES string of the molecule is CCCC=Cc1cc(CCN)ccc1C. The lowest BCUT2D eigenvalue weighted by atomic mass is 10.0. The molecule has 0 bridgehead atoms. The summed E-state index contributed by atoms with van der Waals surface area (Å²) in [5.41, 5.74) is 9.55. The summed E-state index contributed by atoms with van der Waals surface area (Å²) in [7, 11) is 0. The standard InChI is InChI=1S/C14H21N/c1-3-4-5-6-14-11-13(9-10-15)8-7-12(14)2/h5-8,11H,3-4,9-10,15H2,1-2H3. The minimum Gasteiger partial charge on any atom is -0.330 e. The highest BCUT2D eigenvalue weighted by molar-refractivity contribution is 5.54. The highest BCUT2D eigenvalue weighted by Gasteiger charge is 1.96. The van der Waals surface area contributed by atoms with E-state index in [9.17, 15) is 0 Å². The third-order valence-corrected chi connectivity index (χ3v) is 2.53. The van der Waals surface area contributed by atoms with Crippen LogP contribution < -0.4 is 5.73 Å². The van der Waals surface area contributed by atoms with E-state index in [1.165, 1.54) is 23.1 Å². The molecular formula is C14H21N. The molecule has 0 fully saturated rings. The van der Waals surface area contributed by atoms with Crippen LogP contribution in [-0.4, -0.2) is 6.54 Å². The van der Waals surface area contributed by atoms with E-state index in [1.807, 2.05) is 0 Å². The van der Waals surface area contributed by atoms with E-state index in [-0.39, 0.29) is 0 Å². The number of hydrogen-bond donors (Lipinski definition) is 1. The first kappa shape index (κ1) is 12.0. The Bertz CT molecular complexity index is 326. The van der Waals surface area contributed by atoms with Gasteiger partial charge in [-0.25, -0.2) is 0 Å². The van der Waals surface area contributed by atoms with Crippen molar-refractivity contribution in [3.05, 3.63) is 41.0 Å². The predicted molar refractivity (Wildman–Crippen MR) is 67.9 cm³/mol. The van der Waals surface area contributed by atoms with Gasteiger partial charge in [-0.2, -0.15) is 0 Å². The second-order valence-corrected chi connectivity index (χ2v) is 3.92. The van der Waals surface area contributed by atoms with E-state index in [0.29, 0.717) is 0 Å². The Kier molecular flexibility index (Phi) is 5.13. The number of unbranched alkanes of at least 4 members (excludes halogenated alkanes) is 1. The zero-order chi connectivity index (χ0) is 11.1. The maximum absolute atomic E-state index is 5.55. The van der Waals surface area contributed by atoms with E-state index in [0.717, 1.165) is 19.4 Å². The van der Waals surface area contributed by atoms with Gasteiger partial charge in [0.1, 0.15) is 0 Å². The second-order valence-electron chi connectivity index (χ2n) is 3.92. The van der Waals surface area contributed by atoms with Crippen molar-refractivity contribution < 1.29 is 0 Å². The lowest BCUT2D eigenvalue weighted by Gasteiger charge is -2.04. The first-order chi connectivity index (χ1) is 7.27. The minimum absolute atomic E-state index is 0.723. The summed E-state index contributed by atoms with van der Waals surface area (Å²) >= 11 is 0. The molecule has 0 heterocycles. The highest BCUT2D eigenvalue weighted by atomic mass is 14.5. The van der Waals surface area contributed by atoms with Crippen LogP contribution in [0.25, 0.3) is 6.08 Å². The molecule has 0 radical (unpaired) electrons. The highest BCUT2D eigenvalue weighted by Crippen LogP contribution is 2.13. The summed E-state index contributed by atoms with van der Waals surface area (Å²) in [6.45, 7) is 5.07. The van der Waals surface area contributed by atoms with Crippen LogP contribution in [0.3, 0.4) is 0 Å². The van der Waals surface area contributed by atoms with Crippen molar-refractivity contribution >= 4 is 6.08 Å². The smallest absolute Gasteiger partial charge is 0.00367 e. The molecule has 2 N–H and O–H groups in total. The minimum atomic E-state index is 0.723. The number of benzene rings is 1. The van der Waals surface area contributed by atoms with Crippen molar-refractivity contribution in [3.8, 4) is 0 Å². The first-order valence-electron chi connectivity index (χ1n) is 5.74. The fraction of sp³-hybridized carbons (Fsp3) is 0.429. The van der Waals surface area contributed by atoms with E-state index >= 15 is 0 Å². The number of rotatable bonds is 5. The molecule has 0 aliphatic heterocycles. The molecule has 0 aliphatic carbocycles. The Morgan fingerprint density at radius 1 is 1.33 bits per heavy atom. The number of aryl methyl sites for hydroxylation is 1. The molecule has 0 aliphatic rings. The molecule has 1 nitrogen and oxygen atoms in total. The normalized spacial score (nSPS) is 11.1. The van der Waals surface area contributed by atoms with Crippen LogP contribution in [0.1, 0.15) is 36.5 Å². The van der Waals surface area contributed by atoms with Gasteiger partial charge in [0.25, 0.3) is 0 Å². The van der Waals surface area contributed by atoms with Crippen molar-refractivity contribution in [2.75, 3.05) is 6.54 Å². The second kappa shape index (κ2) is 6.41. The van der Waals surface area contributed by atoms with Crippen LogP contribution in [0.5, 0.6) is 0 Å². The van der Waals surface area contributed by atoms with Crippen LogP contribution in [0.2, 0.25) is 0 Å². The van der Waals surface area contributed by atoms with Crippen molar-refractivity contribution in [2.45, 2.75) is 33.1 Å². The molecule has 0 saturated heterocycles. The van der Waals surface area contributed by atoms with Crippen LogP contribution in [0, 0.1) is 6.92 Å². The number of allylic oxidation sites excluding steroid dienone is 1. The average Bonchev–Trinajstić information content (AvgIpc) is 2.23. The molecule has 1 rings (SSSR count). The molecule has 82 valence electrons. The first-order valence-corrected chi connectivity index (χ1v) is 5.74. The molecule has 0 amide bonds. The van der Waals surface area contributed by atoms with Crippen LogP contribution in [-0.2, 0) is 6.42 Å². The molecule has 1 aromatic carbocycles. The molecule has 0 aromatic heterocycles. The molecule has 1 heteroatoms. The lowest BCUT2D eigenvalue weighted by Crippen LogP contribution is -2.02. The summed E-state index contributed by atoms with van der Waals surface area (Å²) in [6, 6.07) is 6.59. The Hall–Kier alpha value is -1.08. The third-order valence-electron chi connectivity index (χ3n) is 2.53. The van der Waals surface area contributed by atoms with E-state index in [2.05, 4.69) is 44.2 Å². The van der Waals surface area contributed by atoms with Crippen LogP contribution in [0.15, 0.2) is 24.3 Å². The summed E-state index contributed by atoms with van der Waals surface area (Å²) in [5, 5.41) is 0.